The van der Waals surface area contributed by atoms with Gasteiger partial charge in [0.2, 0.25) is 0 Å². The lowest BCUT2D eigenvalue weighted by atomic mass is 10.2. The summed E-state index contributed by atoms with van der Waals surface area (Å²) in [7, 11) is 4.10. The number of benzene rings is 2. The van der Waals surface area contributed by atoms with Crippen LogP contribution < -0.4 is 9.64 Å². The number of hydrogen-bond acceptors (Lipinski definition) is 6. The molecule has 30 heavy (non-hydrogen) atoms. The first-order valence-electron chi connectivity index (χ1n) is 10.2. The van der Waals surface area contributed by atoms with Gasteiger partial charge >= 0.3 is 0 Å². The van der Waals surface area contributed by atoms with Gasteiger partial charge in [-0.3, -0.25) is 9.69 Å². The van der Waals surface area contributed by atoms with E-state index in [1.54, 1.807) is 23.1 Å². The molecule has 2 aromatic carbocycles. The van der Waals surface area contributed by atoms with Gasteiger partial charge in [-0.15, -0.1) is 11.8 Å². The molecular formula is C23H29N3O2S2. The first kappa shape index (κ1) is 22.6. The molecule has 0 saturated carbocycles. The van der Waals surface area contributed by atoms with Crippen LogP contribution in [0.5, 0.6) is 5.75 Å². The lowest BCUT2D eigenvalue weighted by Gasteiger charge is -2.22. The summed E-state index contributed by atoms with van der Waals surface area (Å²) in [5.74, 6) is 1.76. The molecule has 1 amide bonds. The molecule has 1 heterocycles. The summed E-state index contributed by atoms with van der Waals surface area (Å²) >= 11 is 3.23. The molecule has 0 atom stereocenters. The lowest BCUT2D eigenvalue weighted by molar-refractivity contribution is 0.0983. The number of fused-ring (bicyclic) bond motifs is 1. The van der Waals surface area contributed by atoms with Crippen molar-refractivity contribution in [3.8, 4) is 5.75 Å². The van der Waals surface area contributed by atoms with Gasteiger partial charge in [0.05, 0.1) is 22.4 Å². The van der Waals surface area contributed by atoms with Gasteiger partial charge in [-0.05, 0) is 70.1 Å². The van der Waals surface area contributed by atoms with E-state index in [1.165, 1.54) is 0 Å². The molecule has 3 aromatic rings. The van der Waals surface area contributed by atoms with E-state index in [0.717, 1.165) is 50.3 Å². The largest absolute Gasteiger partial charge is 0.494 e. The highest BCUT2D eigenvalue weighted by atomic mass is 32.2. The van der Waals surface area contributed by atoms with E-state index in [1.807, 2.05) is 68.4 Å². The minimum atomic E-state index is 0.00870. The van der Waals surface area contributed by atoms with E-state index in [2.05, 4.69) is 11.8 Å². The molecule has 0 aliphatic rings. The van der Waals surface area contributed by atoms with E-state index in [-0.39, 0.29) is 5.91 Å². The minimum absolute atomic E-state index is 0.00870. The van der Waals surface area contributed by atoms with E-state index < -0.39 is 0 Å². The molecule has 0 unspecified atom stereocenters. The van der Waals surface area contributed by atoms with Crippen LogP contribution in [0.4, 0.5) is 5.13 Å². The Morgan fingerprint density at radius 3 is 2.67 bits per heavy atom. The zero-order valence-electron chi connectivity index (χ0n) is 18.1. The van der Waals surface area contributed by atoms with Crippen LogP contribution >= 0.6 is 23.1 Å². The number of carbonyl (C=O) groups is 1. The van der Waals surface area contributed by atoms with Crippen LogP contribution in [0, 0.1) is 0 Å². The Bertz CT molecular complexity index is 987. The zero-order valence-corrected chi connectivity index (χ0v) is 19.7. The quantitative estimate of drug-likeness (QED) is 0.392. The van der Waals surface area contributed by atoms with Gasteiger partial charge in [-0.1, -0.05) is 30.4 Å². The lowest BCUT2D eigenvalue weighted by Crippen LogP contribution is -2.33. The van der Waals surface area contributed by atoms with Crippen molar-refractivity contribution in [2.45, 2.75) is 25.2 Å². The van der Waals surface area contributed by atoms with Crippen molar-refractivity contribution in [1.29, 1.82) is 0 Å². The smallest absolute Gasteiger partial charge is 0.261 e. The maximum atomic E-state index is 13.6. The van der Waals surface area contributed by atoms with Gasteiger partial charge in [0.25, 0.3) is 5.91 Å². The number of thioether (sulfide) groups is 1. The molecule has 0 spiro atoms. The first-order chi connectivity index (χ1) is 14.5. The van der Waals surface area contributed by atoms with Crippen molar-refractivity contribution < 1.29 is 9.53 Å². The molecule has 0 fully saturated rings. The van der Waals surface area contributed by atoms with Crippen molar-refractivity contribution >= 4 is 44.4 Å². The predicted octanol–water partition coefficient (Wildman–Crippen LogP) is 5.41. The van der Waals surface area contributed by atoms with Gasteiger partial charge in [0.15, 0.2) is 5.13 Å². The Morgan fingerprint density at radius 1 is 1.13 bits per heavy atom. The van der Waals surface area contributed by atoms with Crippen molar-refractivity contribution in [3.05, 3.63) is 48.0 Å². The summed E-state index contributed by atoms with van der Waals surface area (Å²) in [6.45, 7) is 6.23. The van der Waals surface area contributed by atoms with Crippen LogP contribution in [0.2, 0.25) is 0 Å². The van der Waals surface area contributed by atoms with Crippen LogP contribution in [0.25, 0.3) is 10.2 Å². The SMILES string of the molecule is CCOc1ccc2nc(N(CCCN(C)C)C(=O)c3ccccc3SCC)sc2c1. The second-order valence-corrected chi connectivity index (χ2v) is 9.42. The molecule has 3 rings (SSSR count). The Labute approximate surface area is 187 Å². The monoisotopic (exact) mass is 443 g/mol. The normalized spacial score (nSPS) is 11.2. The number of amides is 1. The predicted molar refractivity (Wildman–Crippen MR) is 128 cm³/mol. The van der Waals surface area contributed by atoms with Crippen LogP contribution in [0.1, 0.15) is 30.6 Å². The average molecular weight is 444 g/mol. The highest BCUT2D eigenvalue weighted by Gasteiger charge is 2.23. The highest BCUT2D eigenvalue weighted by Crippen LogP contribution is 2.33. The summed E-state index contributed by atoms with van der Waals surface area (Å²) in [4.78, 5) is 23.4. The van der Waals surface area contributed by atoms with E-state index >= 15 is 0 Å². The summed E-state index contributed by atoms with van der Waals surface area (Å²) in [6.07, 6.45) is 0.877. The first-order valence-corrected chi connectivity index (χ1v) is 12.1. The maximum absolute atomic E-state index is 13.6. The van der Waals surface area contributed by atoms with Crippen LogP contribution in [0.15, 0.2) is 47.4 Å². The summed E-state index contributed by atoms with van der Waals surface area (Å²) in [6, 6.07) is 13.7. The topological polar surface area (TPSA) is 45.7 Å². The van der Waals surface area contributed by atoms with Gasteiger partial charge in [-0.25, -0.2) is 4.98 Å². The van der Waals surface area contributed by atoms with Crippen molar-refractivity contribution in [1.82, 2.24) is 9.88 Å². The summed E-state index contributed by atoms with van der Waals surface area (Å²) in [5, 5.41) is 0.735. The molecule has 5 nitrogen and oxygen atoms in total. The molecule has 0 saturated heterocycles. The average Bonchev–Trinajstić information content (AvgIpc) is 3.14. The minimum Gasteiger partial charge on any atom is -0.494 e. The van der Waals surface area contributed by atoms with Crippen LogP contribution in [-0.2, 0) is 0 Å². The number of carbonyl (C=O) groups excluding carboxylic acids is 1. The standard InChI is InChI=1S/C23H29N3O2S2/c1-5-28-17-12-13-19-21(16-17)30-23(24-19)26(15-9-14-25(3)4)22(27)18-10-7-8-11-20(18)29-6-2/h7-8,10-13,16H,5-6,9,14-15H2,1-4H3. The Kier molecular flexibility index (Phi) is 8.13. The Balaban J connectivity index is 1.96. The van der Waals surface area contributed by atoms with Gasteiger partial charge in [0.1, 0.15) is 5.75 Å². The zero-order chi connectivity index (χ0) is 21.5. The molecule has 160 valence electrons. The molecule has 0 aliphatic heterocycles. The Morgan fingerprint density at radius 2 is 1.93 bits per heavy atom. The molecule has 0 aliphatic carbocycles. The second-order valence-electron chi connectivity index (χ2n) is 7.10. The van der Waals surface area contributed by atoms with Crippen molar-refractivity contribution in [3.63, 3.8) is 0 Å². The van der Waals surface area contributed by atoms with Crippen molar-refractivity contribution in [2.24, 2.45) is 0 Å². The third-order valence-corrected chi connectivity index (χ3v) is 6.54. The molecule has 1 aromatic heterocycles. The second kappa shape index (κ2) is 10.8. The fourth-order valence-corrected chi connectivity index (χ4v) is 4.98. The summed E-state index contributed by atoms with van der Waals surface area (Å²) in [5.41, 5.74) is 1.63. The summed E-state index contributed by atoms with van der Waals surface area (Å²) < 4.78 is 6.65. The number of anilines is 1. The van der Waals surface area contributed by atoms with Crippen molar-refractivity contribution in [2.75, 3.05) is 44.4 Å². The third-order valence-electron chi connectivity index (χ3n) is 4.54. The number of aromatic nitrogens is 1. The van der Waals surface area contributed by atoms with Crippen LogP contribution in [-0.4, -0.2) is 55.3 Å². The van der Waals surface area contributed by atoms with E-state index in [9.17, 15) is 4.79 Å². The van der Waals surface area contributed by atoms with Gasteiger partial charge in [-0.2, -0.15) is 0 Å². The maximum Gasteiger partial charge on any atom is 0.261 e. The number of nitrogens with zero attached hydrogens (tertiary/aromatic N) is 3. The van der Waals surface area contributed by atoms with Crippen LogP contribution in [0.3, 0.4) is 0 Å². The number of rotatable bonds is 10. The number of thiazole rings is 1. The molecular weight excluding hydrogens is 414 g/mol. The molecule has 0 bridgehead atoms. The third kappa shape index (κ3) is 5.53. The highest BCUT2D eigenvalue weighted by molar-refractivity contribution is 7.99. The molecule has 0 N–H and O–H groups in total. The van der Waals surface area contributed by atoms with Gasteiger partial charge < -0.3 is 9.64 Å². The molecule has 7 heteroatoms. The number of hydrogen-bond donors (Lipinski definition) is 0. The fourth-order valence-electron chi connectivity index (χ4n) is 3.16. The van der Waals surface area contributed by atoms with Gasteiger partial charge in [0, 0.05) is 11.4 Å². The fraction of sp³-hybridized carbons (Fsp3) is 0.391. The number of ether oxygens (including phenoxy) is 1. The van der Waals surface area contributed by atoms with E-state index in [0.29, 0.717) is 13.2 Å². The Hall–Kier alpha value is -2.09. The molecule has 0 radical (unpaired) electrons. The van der Waals surface area contributed by atoms with E-state index in [4.69, 9.17) is 9.72 Å².